The van der Waals surface area contributed by atoms with Gasteiger partial charge in [0.1, 0.15) is 0 Å². The average molecular weight is 258 g/mol. The Hall–Kier alpha value is -2.08. The van der Waals surface area contributed by atoms with Crippen molar-refractivity contribution in [1.82, 2.24) is 0 Å². The zero-order chi connectivity index (χ0) is 13.9. The standard InChI is InChI=1S/C20H18/c1-12-5-7-17-16(8-12)11-19-14(3)18-9-13(2)4-6-15(18)10-20(17)19/h4-10H,11H2,1-3H3. The van der Waals surface area contributed by atoms with Crippen LogP contribution in [0, 0.1) is 20.8 Å². The summed E-state index contributed by atoms with van der Waals surface area (Å²) < 4.78 is 0. The van der Waals surface area contributed by atoms with E-state index in [0.29, 0.717) is 0 Å². The molecule has 0 spiro atoms. The Morgan fingerprint density at radius 1 is 0.750 bits per heavy atom. The van der Waals surface area contributed by atoms with Crippen molar-refractivity contribution in [1.29, 1.82) is 0 Å². The minimum absolute atomic E-state index is 1.09. The lowest BCUT2D eigenvalue weighted by Crippen LogP contribution is -1.89. The van der Waals surface area contributed by atoms with Gasteiger partial charge in [-0.05, 0) is 71.8 Å². The molecule has 0 unspecified atom stereocenters. The van der Waals surface area contributed by atoms with Crippen LogP contribution in [0.15, 0.2) is 42.5 Å². The first-order valence-electron chi connectivity index (χ1n) is 7.26. The highest BCUT2D eigenvalue weighted by molar-refractivity contribution is 5.95. The van der Waals surface area contributed by atoms with Crippen LogP contribution in [0.4, 0.5) is 0 Å². The molecule has 0 N–H and O–H groups in total. The predicted molar refractivity (Wildman–Crippen MR) is 86.4 cm³/mol. The van der Waals surface area contributed by atoms with Crippen molar-refractivity contribution in [3.8, 4) is 11.1 Å². The van der Waals surface area contributed by atoms with Gasteiger partial charge in [-0.25, -0.2) is 0 Å². The van der Waals surface area contributed by atoms with Gasteiger partial charge in [-0.3, -0.25) is 0 Å². The van der Waals surface area contributed by atoms with Gasteiger partial charge >= 0.3 is 0 Å². The average Bonchev–Trinajstić information content (AvgIpc) is 2.78. The molecule has 1 aliphatic carbocycles. The molecule has 0 radical (unpaired) electrons. The second-order valence-electron chi connectivity index (χ2n) is 6.09. The summed E-state index contributed by atoms with van der Waals surface area (Å²) in [4.78, 5) is 0. The van der Waals surface area contributed by atoms with Crippen molar-refractivity contribution in [3.05, 3.63) is 70.3 Å². The molecule has 0 bridgehead atoms. The van der Waals surface area contributed by atoms with E-state index in [9.17, 15) is 0 Å². The van der Waals surface area contributed by atoms with E-state index in [-0.39, 0.29) is 0 Å². The molecule has 0 atom stereocenters. The normalized spacial score (nSPS) is 12.6. The SMILES string of the molecule is Cc1ccc2c(c1)Cc1c-2cc2ccc(C)cc2c1C. The molecule has 3 aromatic carbocycles. The number of hydrogen-bond donors (Lipinski definition) is 0. The summed E-state index contributed by atoms with van der Waals surface area (Å²) >= 11 is 0. The van der Waals surface area contributed by atoms with E-state index in [1.807, 2.05) is 0 Å². The van der Waals surface area contributed by atoms with Crippen LogP contribution in [0.3, 0.4) is 0 Å². The molecule has 0 nitrogen and oxygen atoms in total. The first-order valence-corrected chi connectivity index (χ1v) is 7.26. The fraction of sp³-hybridized carbons (Fsp3) is 0.200. The van der Waals surface area contributed by atoms with Crippen molar-refractivity contribution in [2.24, 2.45) is 0 Å². The second kappa shape index (κ2) is 3.96. The molecule has 4 rings (SSSR count). The van der Waals surface area contributed by atoms with Gasteiger partial charge in [0.05, 0.1) is 0 Å². The Bertz CT molecular complexity index is 854. The minimum Gasteiger partial charge on any atom is -0.0587 e. The second-order valence-corrected chi connectivity index (χ2v) is 6.09. The summed E-state index contributed by atoms with van der Waals surface area (Å²) in [6.07, 6.45) is 1.09. The highest BCUT2D eigenvalue weighted by atomic mass is 14.2. The number of hydrogen-bond acceptors (Lipinski definition) is 0. The van der Waals surface area contributed by atoms with E-state index in [4.69, 9.17) is 0 Å². The monoisotopic (exact) mass is 258 g/mol. The molecule has 0 saturated carbocycles. The number of rotatable bonds is 0. The predicted octanol–water partition coefficient (Wildman–Crippen LogP) is 5.34. The highest BCUT2D eigenvalue weighted by Crippen LogP contribution is 2.41. The van der Waals surface area contributed by atoms with Crippen LogP contribution in [0.25, 0.3) is 21.9 Å². The maximum atomic E-state index is 2.37. The fourth-order valence-corrected chi connectivity index (χ4v) is 3.52. The lowest BCUT2D eigenvalue weighted by Gasteiger charge is -2.10. The van der Waals surface area contributed by atoms with E-state index in [1.165, 1.54) is 49.7 Å². The number of fused-ring (bicyclic) bond motifs is 4. The summed E-state index contributed by atoms with van der Waals surface area (Å²) in [6.45, 7) is 6.62. The molecular formula is C20H18. The van der Waals surface area contributed by atoms with Gasteiger partial charge in [0.25, 0.3) is 0 Å². The molecule has 0 heteroatoms. The molecule has 20 heavy (non-hydrogen) atoms. The third-order valence-corrected chi connectivity index (χ3v) is 4.61. The summed E-state index contributed by atoms with van der Waals surface area (Å²) in [6, 6.07) is 16.0. The van der Waals surface area contributed by atoms with Crippen molar-refractivity contribution in [2.45, 2.75) is 27.2 Å². The van der Waals surface area contributed by atoms with E-state index in [1.54, 1.807) is 0 Å². The molecule has 98 valence electrons. The van der Waals surface area contributed by atoms with Gasteiger partial charge in [-0.1, -0.05) is 47.5 Å². The van der Waals surface area contributed by atoms with Crippen molar-refractivity contribution in [2.75, 3.05) is 0 Å². The van der Waals surface area contributed by atoms with E-state index < -0.39 is 0 Å². The Balaban J connectivity index is 2.07. The van der Waals surface area contributed by atoms with Crippen molar-refractivity contribution >= 4 is 10.8 Å². The summed E-state index contributed by atoms with van der Waals surface area (Å²) in [5.74, 6) is 0. The first kappa shape index (κ1) is 11.7. The lowest BCUT2D eigenvalue weighted by molar-refractivity contribution is 1.22. The topological polar surface area (TPSA) is 0 Å². The maximum Gasteiger partial charge on any atom is -0.00105 e. The van der Waals surface area contributed by atoms with Crippen LogP contribution in [-0.2, 0) is 6.42 Å². The quantitative estimate of drug-likeness (QED) is 0.399. The fourth-order valence-electron chi connectivity index (χ4n) is 3.52. The van der Waals surface area contributed by atoms with Gasteiger partial charge in [0.2, 0.25) is 0 Å². The smallest absolute Gasteiger partial charge is 0.00105 e. The molecule has 0 saturated heterocycles. The molecule has 0 aliphatic heterocycles. The van der Waals surface area contributed by atoms with Gasteiger partial charge in [-0.2, -0.15) is 0 Å². The van der Waals surface area contributed by atoms with Gasteiger partial charge in [0.15, 0.2) is 0 Å². The van der Waals surface area contributed by atoms with Crippen LogP contribution >= 0.6 is 0 Å². The van der Waals surface area contributed by atoms with Crippen LogP contribution < -0.4 is 0 Å². The number of aryl methyl sites for hydroxylation is 3. The van der Waals surface area contributed by atoms with E-state index in [2.05, 4.69) is 63.2 Å². The first-order chi connectivity index (χ1) is 9.63. The van der Waals surface area contributed by atoms with Crippen LogP contribution in [-0.4, -0.2) is 0 Å². The third kappa shape index (κ3) is 1.54. The van der Waals surface area contributed by atoms with Gasteiger partial charge < -0.3 is 0 Å². The summed E-state index contributed by atoms with van der Waals surface area (Å²) in [7, 11) is 0. The van der Waals surface area contributed by atoms with Gasteiger partial charge in [-0.15, -0.1) is 0 Å². The molecule has 3 aromatic rings. The Labute approximate surface area is 120 Å². The molecule has 1 aliphatic rings. The maximum absolute atomic E-state index is 2.37. The Kier molecular flexibility index (Phi) is 2.32. The van der Waals surface area contributed by atoms with E-state index in [0.717, 1.165) is 6.42 Å². The van der Waals surface area contributed by atoms with Crippen LogP contribution in [0.1, 0.15) is 27.8 Å². The third-order valence-electron chi connectivity index (χ3n) is 4.61. The molecule has 0 fully saturated rings. The lowest BCUT2D eigenvalue weighted by atomic mass is 9.94. The van der Waals surface area contributed by atoms with Gasteiger partial charge in [0, 0.05) is 0 Å². The number of benzene rings is 3. The molecule has 0 amide bonds. The molecule has 0 aromatic heterocycles. The van der Waals surface area contributed by atoms with Crippen LogP contribution in [0.5, 0.6) is 0 Å². The summed E-state index contributed by atoms with van der Waals surface area (Å²) in [5.41, 5.74) is 10.0. The zero-order valence-electron chi connectivity index (χ0n) is 12.2. The zero-order valence-corrected chi connectivity index (χ0v) is 12.2. The Morgan fingerprint density at radius 3 is 2.35 bits per heavy atom. The highest BCUT2D eigenvalue weighted by Gasteiger charge is 2.21. The van der Waals surface area contributed by atoms with Crippen molar-refractivity contribution in [3.63, 3.8) is 0 Å². The Morgan fingerprint density at radius 2 is 1.50 bits per heavy atom. The van der Waals surface area contributed by atoms with Crippen LogP contribution in [0.2, 0.25) is 0 Å². The molecule has 0 heterocycles. The largest absolute Gasteiger partial charge is 0.0587 e. The minimum atomic E-state index is 1.09. The van der Waals surface area contributed by atoms with E-state index >= 15 is 0 Å². The summed E-state index contributed by atoms with van der Waals surface area (Å²) in [5, 5.41) is 2.77. The van der Waals surface area contributed by atoms with Crippen molar-refractivity contribution < 1.29 is 0 Å². The molecular weight excluding hydrogens is 240 g/mol.